The van der Waals surface area contributed by atoms with Gasteiger partial charge in [-0.2, -0.15) is 0 Å². The molecule has 0 bridgehead atoms. The van der Waals surface area contributed by atoms with E-state index < -0.39 is 12.0 Å². The number of aromatic nitrogens is 1. The van der Waals surface area contributed by atoms with Gasteiger partial charge in [0.15, 0.2) is 16.3 Å². The highest BCUT2D eigenvalue weighted by Gasteiger charge is 2.35. The largest absolute Gasteiger partial charge is 0.493 e. The Morgan fingerprint density at radius 1 is 1.11 bits per heavy atom. The molecular weight excluding hydrogens is 893 g/mol. The summed E-state index contributed by atoms with van der Waals surface area (Å²) >= 11 is 9.26. The van der Waals surface area contributed by atoms with Gasteiger partial charge in [0.1, 0.15) is 18.2 Å². The maximum absolute atomic E-state index is 14.3. The molecule has 8 nitrogen and oxygen atoms in total. The van der Waals surface area contributed by atoms with Crippen LogP contribution in [0, 0.1) is 13.0 Å². The number of carbonyl (C=O) groups is 1. The van der Waals surface area contributed by atoms with Crippen molar-refractivity contribution in [3.63, 3.8) is 0 Å². The van der Waals surface area contributed by atoms with Gasteiger partial charge in [-0.1, -0.05) is 39.4 Å². The van der Waals surface area contributed by atoms with Crippen LogP contribution in [0.2, 0.25) is 0 Å². The smallest absolute Gasteiger partial charge is 0.338 e. The molecule has 13 heteroatoms. The maximum Gasteiger partial charge on any atom is 0.338 e. The molecular formula is C32H26BrFI2N2O6S. The van der Waals surface area contributed by atoms with Crippen LogP contribution < -0.4 is 29.1 Å². The second kappa shape index (κ2) is 14.3. The van der Waals surface area contributed by atoms with Crippen molar-refractivity contribution in [1.29, 1.82) is 0 Å². The van der Waals surface area contributed by atoms with Crippen molar-refractivity contribution in [3.05, 3.63) is 114 Å². The van der Waals surface area contributed by atoms with Crippen LogP contribution in [0.15, 0.2) is 74.1 Å². The van der Waals surface area contributed by atoms with Gasteiger partial charge in [-0.15, -0.1) is 0 Å². The fraction of sp³-hybridized carbons (Fsp3) is 0.219. The van der Waals surface area contributed by atoms with E-state index in [2.05, 4.69) is 66.1 Å². The first-order valence-corrected chi connectivity index (χ1v) is 17.3. The molecule has 0 amide bonds. The quantitative estimate of drug-likeness (QED) is 0.141. The van der Waals surface area contributed by atoms with E-state index in [-0.39, 0.29) is 30.2 Å². The third-order valence-electron chi connectivity index (χ3n) is 6.93. The molecule has 5 rings (SSSR count). The molecule has 234 valence electrons. The van der Waals surface area contributed by atoms with Gasteiger partial charge >= 0.3 is 5.97 Å². The number of thiazole rings is 1. The summed E-state index contributed by atoms with van der Waals surface area (Å²) in [5, 5.41) is 0. The Balaban J connectivity index is 1.69. The molecule has 3 aromatic carbocycles. The number of benzene rings is 3. The second-order valence-electron chi connectivity index (χ2n) is 9.75. The minimum absolute atomic E-state index is 0.159. The fourth-order valence-corrected chi connectivity index (χ4v) is 8.50. The monoisotopic (exact) mass is 918 g/mol. The highest BCUT2D eigenvalue weighted by molar-refractivity contribution is 14.1. The third kappa shape index (κ3) is 7.00. The minimum atomic E-state index is -0.859. The lowest BCUT2D eigenvalue weighted by atomic mass is 9.95. The summed E-state index contributed by atoms with van der Waals surface area (Å²) < 4.78 is 40.4. The van der Waals surface area contributed by atoms with Crippen molar-refractivity contribution >= 4 is 84.5 Å². The van der Waals surface area contributed by atoms with E-state index in [0.29, 0.717) is 47.9 Å². The van der Waals surface area contributed by atoms with Gasteiger partial charge in [0.2, 0.25) is 0 Å². The minimum Gasteiger partial charge on any atom is -0.493 e. The van der Waals surface area contributed by atoms with Crippen molar-refractivity contribution in [2.45, 2.75) is 26.5 Å². The molecule has 1 aromatic heterocycles. The highest BCUT2D eigenvalue weighted by Crippen LogP contribution is 2.41. The van der Waals surface area contributed by atoms with Crippen LogP contribution in [0.3, 0.4) is 0 Å². The zero-order valence-electron chi connectivity index (χ0n) is 24.5. The summed E-state index contributed by atoms with van der Waals surface area (Å²) in [4.78, 5) is 32.7. The molecule has 0 N–H and O–H groups in total. The molecule has 0 spiro atoms. The number of esters is 1. The van der Waals surface area contributed by atoms with Gasteiger partial charge in [0.05, 0.1) is 46.2 Å². The molecule has 0 aliphatic carbocycles. The van der Waals surface area contributed by atoms with Crippen LogP contribution >= 0.6 is 72.4 Å². The van der Waals surface area contributed by atoms with Crippen LogP contribution in [0.25, 0.3) is 6.08 Å². The highest BCUT2D eigenvalue weighted by atomic mass is 127. The zero-order valence-corrected chi connectivity index (χ0v) is 31.2. The number of ether oxygens (including phenoxy) is 4. The van der Waals surface area contributed by atoms with E-state index in [4.69, 9.17) is 18.9 Å². The van der Waals surface area contributed by atoms with Crippen LogP contribution in [-0.2, 0) is 16.1 Å². The number of nitrogens with zero attached hydrogens (tertiary/aromatic N) is 2. The Labute approximate surface area is 298 Å². The Hall–Kier alpha value is -2.76. The van der Waals surface area contributed by atoms with Crippen molar-refractivity contribution in [2.24, 2.45) is 4.99 Å². The average Bonchev–Trinajstić information content (AvgIpc) is 3.30. The van der Waals surface area contributed by atoms with Crippen LogP contribution in [0.5, 0.6) is 17.2 Å². The first kappa shape index (κ1) is 33.6. The third-order valence-corrected chi connectivity index (χ3v) is 10.0. The molecule has 0 fully saturated rings. The van der Waals surface area contributed by atoms with E-state index in [0.717, 1.165) is 12.7 Å². The normalized spacial score (nSPS) is 14.6. The zero-order chi connectivity index (χ0) is 32.4. The number of methoxy groups -OCH3 is 2. The molecule has 0 saturated heterocycles. The second-order valence-corrected chi connectivity index (χ2v) is 14.0. The Morgan fingerprint density at radius 3 is 2.47 bits per heavy atom. The number of hydrogen-bond acceptors (Lipinski definition) is 8. The maximum atomic E-state index is 14.3. The summed E-state index contributed by atoms with van der Waals surface area (Å²) in [6.45, 7) is 3.83. The summed E-state index contributed by atoms with van der Waals surface area (Å²) in [5.74, 6) is 0.628. The molecule has 2 heterocycles. The number of halogens is 4. The molecule has 0 radical (unpaired) electrons. The predicted octanol–water partition coefficient (Wildman–Crippen LogP) is 6.51. The summed E-state index contributed by atoms with van der Waals surface area (Å²) in [6, 6.07) is 12.6. The van der Waals surface area contributed by atoms with Crippen LogP contribution in [0.1, 0.15) is 36.6 Å². The Morgan fingerprint density at radius 2 is 1.80 bits per heavy atom. The van der Waals surface area contributed by atoms with Gasteiger partial charge in [0.25, 0.3) is 5.56 Å². The molecule has 4 aromatic rings. The van der Waals surface area contributed by atoms with Gasteiger partial charge in [-0.3, -0.25) is 9.36 Å². The van der Waals surface area contributed by atoms with Crippen LogP contribution in [0.4, 0.5) is 4.39 Å². The van der Waals surface area contributed by atoms with Crippen LogP contribution in [-0.4, -0.2) is 31.4 Å². The number of carbonyl (C=O) groups excluding carboxylic acids is 1. The average molecular weight is 919 g/mol. The van der Waals surface area contributed by atoms with E-state index >= 15 is 0 Å². The molecule has 1 aliphatic heterocycles. The number of rotatable bonds is 9. The van der Waals surface area contributed by atoms with Gasteiger partial charge in [-0.05, 0) is 113 Å². The summed E-state index contributed by atoms with van der Waals surface area (Å²) in [7, 11) is 3.05. The Kier molecular flexibility index (Phi) is 10.7. The Bertz CT molecular complexity index is 2010. The van der Waals surface area contributed by atoms with E-state index in [1.807, 2.05) is 12.1 Å². The van der Waals surface area contributed by atoms with Gasteiger partial charge in [0, 0.05) is 13.6 Å². The van der Waals surface area contributed by atoms with Crippen molar-refractivity contribution in [1.82, 2.24) is 4.57 Å². The molecule has 45 heavy (non-hydrogen) atoms. The topological polar surface area (TPSA) is 88.4 Å². The lowest BCUT2D eigenvalue weighted by molar-refractivity contribution is -0.139. The molecule has 0 unspecified atom stereocenters. The molecule has 1 atom stereocenters. The SMILES string of the molecule is CCOC(=O)C1=C(C)N=c2s/c(=C\c3cc(I)cc(I)c3OCc3ccc(F)cc3)c(=O)n2[C@H]1c1cc(OC)c(OC)cc1Br. The number of allylic oxidation sites excluding steroid dienone is 1. The lowest BCUT2D eigenvalue weighted by Gasteiger charge is -2.26. The van der Waals surface area contributed by atoms with E-state index in [9.17, 15) is 14.0 Å². The number of hydrogen-bond donors (Lipinski definition) is 0. The lowest BCUT2D eigenvalue weighted by Crippen LogP contribution is -2.40. The van der Waals surface area contributed by atoms with Crippen molar-refractivity contribution < 1.29 is 28.1 Å². The predicted molar refractivity (Wildman–Crippen MR) is 190 cm³/mol. The first-order valence-electron chi connectivity index (χ1n) is 13.5. The molecule has 0 saturated carbocycles. The van der Waals surface area contributed by atoms with E-state index in [1.54, 1.807) is 44.2 Å². The standard InChI is InChI=1S/C32H26BrFI2N2O6S/c1-5-43-31(40)27-16(2)37-32-38(28(27)21-13-24(41-3)25(42-4)14-22(21)33)30(39)26(45-32)11-18-10-20(35)12-23(36)29(18)44-15-17-6-8-19(34)9-7-17/h6-14,28H,5,15H2,1-4H3/b26-11-/t28-/m0/s1. The van der Waals surface area contributed by atoms with E-state index in [1.165, 1.54) is 42.3 Å². The summed E-state index contributed by atoms with van der Waals surface area (Å²) in [6.07, 6.45) is 1.78. The molecule has 1 aliphatic rings. The summed E-state index contributed by atoms with van der Waals surface area (Å²) in [5.41, 5.74) is 2.46. The van der Waals surface area contributed by atoms with Crippen molar-refractivity contribution in [3.8, 4) is 17.2 Å². The fourth-order valence-electron chi connectivity index (χ4n) is 4.88. The van der Waals surface area contributed by atoms with Crippen molar-refractivity contribution in [2.75, 3.05) is 20.8 Å². The first-order chi connectivity index (χ1) is 21.6. The van der Waals surface area contributed by atoms with Gasteiger partial charge in [-0.25, -0.2) is 14.2 Å². The number of fused-ring (bicyclic) bond motifs is 1. The van der Waals surface area contributed by atoms with Gasteiger partial charge < -0.3 is 18.9 Å².